The van der Waals surface area contributed by atoms with Crippen LogP contribution in [0.25, 0.3) is 11.3 Å². The zero-order chi connectivity index (χ0) is 15.8. The molecule has 1 aromatic heterocycles. The van der Waals surface area contributed by atoms with Gasteiger partial charge in [-0.2, -0.15) is 0 Å². The van der Waals surface area contributed by atoms with Gasteiger partial charge in [0.1, 0.15) is 11.6 Å². The average Bonchev–Trinajstić information content (AvgIpc) is 3.15. The molecule has 2 saturated heterocycles. The van der Waals surface area contributed by atoms with E-state index in [1.165, 1.54) is 12.5 Å². The third kappa shape index (κ3) is 2.88. The second kappa shape index (κ2) is 5.81. The van der Waals surface area contributed by atoms with Crippen molar-refractivity contribution in [1.29, 1.82) is 0 Å². The van der Waals surface area contributed by atoms with Crippen molar-refractivity contribution in [3.63, 3.8) is 0 Å². The number of carbonyl (C=O) groups is 1. The minimum Gasteiger partial charge on any atom is -0.451 e. The maximum Gasteiger partial charge on any atom is 0.287 e. The van der Waals surface area contributed by atoms with Gasteiger partial charge in [0.2, 0.25) is 0 Å². The van der Waals surface area contributed by atoms with E-state index in [0.717, 1.165) is 26.1 Å². The lowest BCUT2D eigenvalue weighted by atomic mass is 9.97. The van der Waals surface area contributed by atoms with Crippen molar-refractivity contribution >= 4 is 5.91 Å². The van der Waals surface area contributed by atoms with Gasteiger partial charge in [-0.25, -0.2) is 4.39 Å². The summed E-state index contributed by atoms with van der Waals surface area (Å²) in [6.07, 6.45) is 2.26. The number of fused-ring (bicyclic) bond motifs is 2. The van der Waals surface area contributed by atoms with E-state index in [4.69, 9.17) is 4.42 Å². The van der Waals surface area contributed by atoms with E-state index in [-0.39, 0.29) is 23.5 Å². The zero-order valence-electron chi connectivity index (χ0n) is 12.8. The van der Waals surface area contributed by atoms with E-state index in [2.05, 4.69) is 10.2 Å². The summed E-state index contributed by atoms with van der Waals surface area (Å²) in [4.78, 5) is 14.8. The predicted octanol–water partition coefficient (Wildman–Crippen LogP) is 2.91. The summed E-state index contributed by atoms with van der Waals surface area (Å²) < 4.78 is 19.3. The maximum absolute atomic E-state index is 13.8. The Bertz CT molecular complexity index is 715. The molecule has 0 saturated carbocycles. The van der Waals surface area contributed by atoms with Crippen LogP contribution in [0.4, 0.5) is 4.39 Å². The fraction of sp³-hybridized carbons (Fsp3) is 0.389. The van der Waals surface area contributed by atoms with Crippen LogP contribution in [0.3, 0.4) is 0 Å². The number of hydrogen-bond acceptors (Lipinski definition) is 3. The first-order valence-corrected chi connectivity index (χ1v) is 8.07. The summed E-state index contributed by atoms with van der Waals surface area (Å²) in [7, 11) is 0. The first kappa shape index (κ1) is 14.5. The lowest BCUT2D eigenvalue weighted by Crippen LogP contribution is -2.46. The Hall–Kier alpha value is -2.14. The molecule has 2 aliphatic heterocycles. The molecular formula is C18H19FN2O2. The highest BCUT2D eigenvalue weighted by atomic mass is 19.1. The third-order valence-corrected chi connectivity index (χ3v) is 4.77. The topological polar surface area (TPSA) is 45.5 Å². The van der Waals surface area contributed by atoms with Crippen molar-refractivity contribution in [1.82, 2.24) is 10.2 Å². The summed E-state index contributed by atoms with van der Waals surface area (Å²) in [6, 6.07) is 9.81. The van der Waals surface area contributed by atoms with Crippen molar-refractivity contribution in [2.24, 2.45) is 5.92 Å². The molecule has 1 aromatic carbocycles. The molecule has 23 heavy (non-hydrogen) atoms. The molecule has 3 unspecified atom stereocenters. The molecule has 0 aliphatic carbocycles. The Morgan fingerprint density at radius 3 is 2.91 bits per heavy atom. The Labute approximate surface area is 134 Å². The van der Waals surface area contributed by atoms with Gasteiger partial charge in [-0.05, 0) is 49.6 Å². The van der Waals surface area contributed by atoms with Gasteiger partial charge in [-0.15, -0.1) is 0 Å². The summed E-state index contributed by atoms with van der Waals surface area (Å²) in [5, 5.41) is 3.05. The van der Waals surface area contributed by atoms with Crippen LogP contribution >= 0.6 is 0 Å². The lowest BCUT2D eigenvalue weighted by molar-refractivity contribution is 0.0882. The van der Waals surface area contributed by atoms with Crippen LogP contribution in [0.5, 0.6) is 0 Å². The Balaban J connectivity index is 1.46. The van der Waals surface area contributed by atoms with Crippen LogP contribution in [0.2, 0.25) is 0 Å². The molecule has 120 valence electrons. The van der Waals surface area contributed by atoms with E-state index in [9.17, 15) is 9.18 Å². The standard InChI is InChI=1S/C18H19FN2O2/c19-15-4-2-1-3-14(15)16-5-6-17(23-16)18(22)20-13-9-12-7-8-21(10-12)11-13/h1-6,12-13H,7-11H2,(H,20,22). The van der Waals surface area contributed by atoms with E-state index in [1.54, 1.807) is 30.3 Å². The van der Waals surface area contributed by atoms with Gasteiger partial charge < -0.3 is 14.6 Å². The van der Waals surface area contributed by atoms with Gasteiger partial charge in [-0.3, -0.25) is 4.79 Å². The van der Waals surface area contributed by atoms with Gasteiger partial charge in [0.25, 0.3) is 5.91 Å². The quantitative estimate of drug-likeness (QED) is 0.947. The van der Waals surface area contributed by atoms with Crippen LogP contribution in [0.1, 0.15) is 23.4 Å². The van der Waals surface area contributed by atoms with Crippen LogP contribution in [0, 0.1) is 11.7 Å². The zero-order valence-corrected chi connectivity index (χ0v) is 12.8. The summed E-state index contributed by atoms with van der Waals surface area (Å²) in [6.45, 7) is 3.20. The largest absolute Gasteiger partial charge is 0.451 e. The smallest absolute Gasteiger partial charge is 0.287 e. The molecule has 0 spiro atoms. The average molecular weight is 314 g/mol. The van der Waals surface area contributed by atoms with Gasteiger partial charge in [-0.1, -0.05) is 12.1 Å². The van der Waals surface area contributed by atoms with Crippen molar-refractivity contribution in [3.05, 3.63) is 48.0 Å². The predicted molar refractivity (Wildman–Crippen MR) is 84.5 cm³/mol. The maximum atomic E-state index is 13.8. The molecule has 3 atom stereocenters. The van der Waals surface area contributed by atoms with Crippen molar-refractivity contribution in [2.45, 2.75) is 18.9 Å². The van der Waals surface area contributed by atoms with Crippen molar-refractivity contribution in [2.75, 3.05) is 19.6 Å². The normalized spacial score (nSPS) is 26.2. The number of piperidine rings is 1. The monoisotopic (exact) mass is 314 g/mol. The fourth-order valence-corrected chi connectivity index (χ4v) is 3.69. The number of nitrogens with zero attached hydrogens (tertiary/aromatic N) is 1. The van der Waals surface area contributed by atoms with Gasteiger partial charge >= 0.3 is 0 Å². The van der Waals surface area contributed by atoms with Gasteiger partial charge in [0, 0.05) is 19.1 Å². The molecule has 1 amide bonds. The molecule has 2 fully saturated rings. The number of hydrogen-bond donors (Lipinski definition) is 1. The fourth-order valence-electron chi connectivity index (χ4n) is 3.69. The molecule has 2 bridgehead atoms. The molecular weight excluding hydrogens is 295 g/mol. The molecule has 4 nitrogen and oxygen atoms in total. The summed E-state index contributed by atoms with van der Waals surface area (Å²) >= 11 is 0. The Morgan fingerprint density at radius 2 is 2.09 bits per heavy atom. The third-order valence-electron chi connectivity index (χ3n) is 4.77. The van der Waals surface area contributed by atoms with E-state index >= 15 is 0 Å². The molecule has 2 aromatic rings. The van der Waals surface area contributed by atoms with E-state index in [0.29, 0.717) is 17.2 Å². The number of rotatable bonds is 3. The molecule has 1 N–H and O–H groups in total. The lowest BCUT2D eigenvalue weighted by Gasteiger charge is -2.30. The van der Waals surface area contributed by atoms with Gasteiger partial charge in [0.15, 0.2) is 5.76 Å². The first-order valence-electron chi connectivity index (χ1n) is 8.07. The minimum absolute atomic E-state index is 0.172. The van der Waals surface area contributed by atoms with Crippen molar-refractivity contribution < 1.29 is 13.6 Å². The molecule has 5 heteroatoms. The highest BCUT2D eigenvalue weighted by Gasteiger charge is 2.33. The number of carbonyl (C=O) groups excluding carboxylic acids is 1. The van der Waals surface area contributed by atoms with Crippen LogP contribution < -0.4 is 5.32 Å². The highest BCUT2D eigenvalue weighted by Crippen LogP contribution is 2.28. The highest BCUT2D eigenvalue weighted by molar-refractivity contribution is 5.92. The molecule has 4 rings (SSSR count). The number of halogens is 1. The van der Waals surface area contributed by atoms with Crippen LogP contribution in [-0.4, -0.2) is 36.5 Å². The second-order valence-electron chi connectivity index (χ2n) is 6.46. The molecule has 3 heterocycles. The minimum atomic E-state index is -0.356. The van der Waals surface area contributed by atoms with Gasteiger partial charge in [0.05, 0.1) is 5.56 Å². The summed E-state index contributed by atoms with van der Waals surface area (Å²) in [5.74, 6) is 0.724. The first-order chi connectivity index (χ1) is 11.2. The molecule has 2 aliphatic rings. The molecule has 0 radical (unpaired) electrons. The number of furan rings is 1. The number of amides is 1. The van der Waals surface area contributed by atoms with Crippen LogP contribution in [-0.2, 0) is 0 Å². The number of benzene rings is 1. The van der Waals surface area contributed by atoms with Crippen LogP contribution in [0.15, 0.2) is 40.8 Å². The Morgan fingerprint density at radius 1 is 1.22 bits per heavy atom. The van der Waals surface area contributed by atoms with E-state index < -0.39 is 0 Å². The van der Waals surface area contributed by atoms with Crippen molar-refractivity contribution in [3.8, 4) is 11.3 Å². The number of nitrogens with one attached hydrogen (secondary N) is 1. The summed E-state index contributed by atoms with van der Waals surface area (Å²) in [5.41, 5.74) is 0.369. The second-order valence-corrected chi connectivity index (χ2v) is 6.46. The SMILES string of the molecule is O=C(NC1CC2CCN(C2)C1)c1ccc(-c2ccccc2F)o1. The Kier molecular flexibility index (Phi) is 3.65. The van der Waals surface area contributed by atoms with E-state index in [1.807, 2.05) is 0 Å².